The highest BCUT2D eigenvalue weighted by molar-refractivity contribution is 6.09. The highest BCUT2D eigenvalue weighted by atomic mass is 16.5. The molecule has 112 valence electrons. The topological polar surface area (TPSA) is 67.4 Å². The van der Waals surface area contributed by atoms with E-state index < -0.39 is 0 Å². The van der Waals surface area contributed by atoms with Crippen molar-refractivity contribution < 1.29 is 14.3 Å². The second kappa shape index (κ2) is 5.52. The van der Waals surface area contributed by atoms with Crippen LogP contribution in [0.25, 0.3) is 0 Å². The summed E-state index contributed by atoms with van der Waals surface area (Å²) in [4.78, 5) is 23.9. The molecule has 1 aliphatic heterocycles. The molecule has 0 bridgehead atoms. The lowest BCUT2D eigenvalue weighted by Gasteiger charge is -2.20. The molecule has 0 saturated heterocycles. The molecule has 22 heavy (non-hydrogen) atoms. The third-order valence-electron chi connectivity index (χ3n) is 3.73. The summed E-state index contributed by atoms with van der Waals surface area (Å²) in [5, 5.41) is 5.59. The van der Waals surface area contributed by atoms with E-state index in [0.717, 1.165) is 16.8 Å². The van der Waals surface area contributed by atoms with Crippen LogP contribution < -0.4 is 15.4 Å². The molecule has 0 atom stereocenters. The molecule has 2 amide bonds. The molecule has 0 radical (unpaired) electrons. The highest BCUT2D eigenvalue weighted by Gasteiger charge is 2.22. The van der Waals surface area contributed by atoms with Gasteiger partial charge in [0.2, 0.25) is 0 Å². The van der Waals surface area contributed by atoms with E-state index in [2.05, 4.69) is 10.6 Å². The van der Waals surface area contributed by atoms with Gasteiger partial charge in [-0.25, -0.2) is 0 Å². The van der Waals surface area contributed by atoms with Crippen molar-refractivity contribution in [2.75, 3.05) is 17.2 Å². The molecule has 0 spiro atoms. The van der Waals surface area contributed by atoms with Gasteiger partial charge in [-0.15, -0.1) is 0 Å². The average Bonchev–Trinajstić information content (AvgIpc) is 2.51. The molecule has 0 aromatic heterocycles. The Hall–Kier alpha value is -2.82. The average molecular weight is 296 g/mol. The van der Waals surface area contributed by atoms with Crippen LogP contribution in [0.5, 0.6) is 5.75 Å². The molecule has 5 heteroatoms. The number of aryl methyl sites for hydroxylation is 1. The Morgan fingerprint density at radius 1 is 1.18 bits per heavy atom. The first-order valence-electron chi connectivity index (χ1n) is 6.99. The molecule has 0 saturated carbocycles. The van der Waals surface area contributed by atoms with Crippen molar-refractivity contribution in [2.24, 2.45) is 0 Å². The monoisotopic (exact) mass is 296 g/mol. The number of benzene rings is 2. The van der Waals surface area contributed by atoms with E-state index in [9.17, 15) is 9.59 Å². The normalized spacial score (nSPS) is 12.9. The second-order valence-electron chi connectivity index (χ2n) is 5.22. The molecule has 2 N–H and O–H groups in total. The molecule has 2 aromatic rings. The first-order valence-corrected chi connectivity index (χ1v) is 6.99. The van der Waals surface area contributed by atoms with Crippen molar-refractivity contribution >= 4 is 23.2 Å². The van der Waals surface area contributed by atoms with Crippen LogP contribution in [-0.4, -0.2) is 18.4 Å². The number of amides is 2. The molecule has 3 rings (SSSR count). The Kier molecular flexibility index (Phi) is 3.55. The number of nitrogens with one attached hydrogen (secondary N) is 2. The van der Waals surface area contributed by atoms with Crippen LogP contribution in [0.4, 0.5) is 11.4 Å². The molecule has 0 unspecified atom stereocenters. The number of anilines is 2. The van der Waals surface area contributed by atoms with Crippen LogP contribution >= 0.6 is 0 Å². The lowest BCUT2D eigenvalue weighted by atomic mass is 10.1. The predicted octanol–water partition coefficient (Wildman–Crippen LogP) is 2.89. The number of fused-ring (bicyclic) bond motifs is 1. The minimum Gasteiger partial charge on any atom is -0.481 e. The third kappa shape index (κ3) is 2.53. The SMILES string of the molecule is Cc1cccc(NC(=O)c2cccc3c2OCC(=O)N3)c1C. The molecule has 0 aliphatic carbocycles. The van der Waals surface area contributed by atoms with Gasteiger partial charge in [0.15, 0.2) is 12.4 Å². The van der Waals surface area contributed by atoms with Gasteiger partial charge in [-0.3, -0.25) is 9.59 Å². The summed E-state index contributed by atoms with van der Waals surface area (Å²) in [6.07, 6.45) is 0. The van der Waals surface area contributed by atoms with Crippen molar-refractivity contribution in [1.29, 1.82) is 0 Å². The molecule has 1 heterocycles. The summed E-state index contributed by atoms with van der Waals surface area (Å²) >= 11 is 0. The van der Waals surface area contributed by atoms with Gasteiger partial charge in [0, 0.05) is 5.69 Å². The van der Waals surface area contributed by atoms with Crippen molar-refractivity contribution in [3.63, 3.8) is 0 Å². The van der Waals surface area contributed by atoms with E-state index >= 15 is 0 Å². The number of ether oxygens (including phenoxy) is 1. The minimum atomic E-state index is -0.262. The maximum atomic E-state index is 12.5. The van der Waals surface area contributed by atoms with Crippen molar-refractivity contribution in [1.82, 2.24) is 0 Å². The number of para-hydroxylation sites is 1. The number of hydrogen-bond acceptors (Lipinski definition) is 3. The van der Waals surface area contributed by atoms with Gasteiger partial charge in [0.05, 0.1) is 11.3 Å². The maximum absolute atomic E-state index is 12.5. The van der Waals surface area contributed by atoms with Crippen molar-refractivity contribution in [3.8, 4) is 5.75 Å². The predicted molar refractivity (Wildman–Crippen MR) is 84.4 cm³/mol. The van der Waals surface area contributed by atoms with Crippen LogP contribution in [0.2, 0.25) is 0 Å². The van der Waals surface area contributed by atoms with Crippen LogP contribution in [-0.2, 0) is 4.79 Å². The maximum Gasteiger partial charge on any atom is 0.262 e. The fourth-order valence-electron chi connectivity index (χ4n) is 2.37. The zero-order chi connectivity index (χ0) is 15.7. The standard InChI is InChI=1S/C17H16N2O3/c1-10-5-3-7-13(11(10)2)19-17(21)12-6-4-8-14-16(12)22-9-15(20)18-14/h3-8H,9H2,1-2H3,(H,18,20)(H,19,21). The summed E-state index contributed by atoms with van der Waals surface area (Å²) < 4.78 is 5.41. The molecule has 2 aromatic carbocycles. The van der Waals surface area contributed by atoms with E-state index in [1.807, 2.05) is 32.0 Å². The molecule has 1 aliphatic rings. The van der Waals surface area contributed by atoms with Crippen molar-refractivity contribution in [2.45, 2.75) is 13.8 Å². The first kappa shape index (κ1) is 14.1. The van der Waals surface area contributed by atoms with Gasteiger partial charge in [0.1, 0.15) is 0 Å². The lowest BCUT2D eigenvalue weighted by Crippen LogP contribution is -2.27. The van der Waals surface area contributed by atoms with Gasteiger partial charge >= 0.3 is 0 Å². The molecule has 5 nitrogen and oxygen atoms in total. The van der Waals surface area contributed by atoms with Crippen molar-refractivity contribution in [3.05, 3.63) is 53.1 Å². The Morgan fingerprint density at radius 3 is 2.77 bits per heavy atom. The number of carbonyl (C=O) groups is 2. The zero-order valence-electron chi connectivity index (χ0n) is 12.4. The van der Waals surface area contributed by atoms with Gasteiger partial charge < -0.3 is 15.4 Å². The van der Waals surface area contributed by atoms with Gasteiger partial charge in [-0.05, 0) is 43.2 Å². The molecule has 0 fully saturated rings. The van der Waals surface area contributed by atoms with Gasteiger partial charge in [-0.2, -0.15) is 0 Å². The van der Waals surface area contributed by atoms with E-state index in [4.69, 9.17) is 4.74 Å². The first-order chi connectivity index (χ1) is 10.6. The van der Waals surface area contributed by atoms with Crippen LogP contribution in [0.3, 0.4) is 0 Å². The van der Waals surface area contributed by atoms with Crippen LogP contribution in [0.1, 0.15) is 21.5 Å². The quantitative estimate of drug-likeness (QED) is 0.895. The largest absolute Gasteiger partial charge is 0.481 e. The van der Waals surface area contributed by atoms with Crippen LogP contribution in [0, 0.1) is 13.8 Å². The number of carbonyl (C=O) groups excluding carboxylic acids is 2. The summed E-state index contributed by atoms with van der Waals surface area (Å²) in [5.74, 6) is -0.0776. The summed E-state index contributed by atoms with van der Waals surface area (Å²) in [6, 6.07) is 10.9. The summed E-state index contributed by atoms with van der Waals surface area (Å²) in [5.41, 5.74) is 3.82. The molecular formula is C17H16N2O3. The highest BCUT2D eigenvalue weighted by Crippen LogP contribution is 2.32. The Morgan fingerprint density at radius 2 is 1.95 bits per heavy atom. The Labute approximate surface area is 128 Å². The number of hydrogen-bond donors (Lipinski definition) is 2. The summed E-state index contributed by atoms with van der Waals surface area (Å²) in [7, 11) is 0. The van der Waals surface area contributed by atoms with Crippen LogP contribution in [0.15, 0.2) is 36.4 Å². The van der Waals surface area contributed by atoms with E-state index in [1.165, 1.54) is 0 Å². The zero-order valence-corrected chi connectivity index (χ0v) is 12.4. The number of rotatable bonds is 2. The second-order valence-corrected chi connectivity index (χ2v) is 5.22. The summed E-state index contributed by atoms with van der Waals surface area (Å²) in [6.45, 7) is 3.87. The fraction of sp³-hybridized carbons (Fsp3) is 0.176. The van der Waals surface area contributed by atoms with Gasteiger partial charge in [-0.1, -0.05) is 18.2 Å². The third-order valence-corrected chi connectivity index (χ3v) is 3.73. The lowest BCUT2D eigenvalue weighted by molar-refractivity contribution is -0.118. The Balaban J connectivity index is 1.92. The Bertz CT molecular complexity index is 768. The molecular weight excluding hydrogens is 280 g/mol. The minimum absolute atomic E-state index is 0.0826. The van der Waals surface area contributed by atoms with E-state index in [0.29, 0.717) is 17.0 Å². The van der Waals surface area contributed by atoms with E-state index in [1.54, 1.807) is 18.2 Å². The smallest absolute Gasteiger partial charge is 0.262 e. The van der Waals surface area contributed by atoms with Gasteiger partial charge in [0.25, 0.3) is 11.8 Å². The fourth-order valence-corrected chi connectivity index (χ4v) is 2.37. The van der Waals surface area contributed by atoms with E-state index in [-0.39, 0.29) is 18.4 Å².